The standard InChI is InChI=1S/C10H13N.C5H10.C4H9N.C2H6/c1-3-8(2)9-4-6-10(11)7-5-9;1-4-5(2)3;1-4(2)5-3;1-2/h3-7H,11H2,1-2H3;2,4H2,1,3H3;5H,1H2,2-3H3;1-2H3/b8-3+;;;. The Bertz CT molecular complexity index is 425. The minimum absolute atomic E-state index is 0.817. The molecule has 0 heterocycles. The molecule has 0 saturated carbocycles. The molecule has 0 unspecified atom stereocenters. The van der Waals surface area contributed by atoms with E-state index in [4.69, 9.17) is 5.73 Å². The third kappa shape index (κ3) is 20.0. The van der Waals surface area contributed by atoms with Gasteiger partial charge < -0.3 is 11.1 Å². The van der Waals surface area contributed by atoms with Gasteiger partial charge in [-0.25, -0.2) is 0 Å². The number of rotatable bonds is 3. The Labute approximate surface area is 145 Å². The average molecular weight is 319 g/mol. The van der Waals surface area contributed by atoms with Crippen molar-refractivity contribution in [1.29, 1.82) is 0 Å². The van der Waals surface area contributed by atoms with Crippen LogP contribution >= 0.6 is 0 Å². The lowest BCUT2D eigenvalue weighted by Crippen LogP contribution is -1.98. The highest BCUT2D eigenvalue weighted by atomic mass is 14.8. The summed E-state index contributed by atoms with van der Waals surface area (Å²) in [5.74, 6) is 0. The van der Waals surface area contributed by atoms with Gasteiger partial charge in [0.25, 0.3) is 0 Å². The van der Waals surface area contributed by atoms with Gasteiger partial charge in [-0.2, -0.15) is 0 Å². The van der Waals surface area contributed by atoms with Crippen LogP contribution in [0.25, 0.3) is 5.57 Å². The Kier molecular flexibility index (Phi) is 20.4. The highest BCUT2D eigenvalue weighted by Crippen LogP contribution is 2.14. The zero-order chi connectivity index (χ0) is 18.8. The van der Waals surface area contributed by atoms with Crippen molar-refractivity contribution < 1.29 is 0 Å². The molecule has 0 aliphatic heterocycles. The zero-order valence-electron chi connectivity index (χ0n) is 16.6. The van der Waals surface area contributed by atoms with Crippen LogP contribution in [-0.2, 0) is 0 Å². The van der Waals surface area contributed by atoms with Crippen molar-refractivity contribution in [2.75, 3.05) is 12.8 Å². The Morgan fingerprint density at radius 1 is 1.09 bits per heavy atom. The SMILES string of the molecule is C/C=C(\C)c1ccc(N)cc1.C=C(C)CC.C=C(C)NC.CC. The summed E-state index contributed by atoms with van der Waals surface area (Å²) in [5.41, 5.74) is 11.1. The van der Waals surface area contributed by atoms with Gasteiger partial charge in [0.15, 0.2) is 0 Å². The molecule has 2 nitrogen and oxygen atoms in total. The lowest BCUT2D eigenvalue weighted by molar-refractivity contribution is 0.999. The van der Waals surface area contributed by atoms with Crippen LogP contribution in [-0.4, -0.2) is 7.05 Å². The van der Waals surface area contributed by atoms with Crippen LogP contribution in [0.5, 0.6) is 0 Å². The Hall–Kier alpha value is -1.96. The fourth-order valence-electron chi connectivity index (χ4n) is 0.913. The maximum atomic E-state index is 5.55. The summed E-state index contributed by atoms with van der Waals surface area (Å²) in [4.78, 5) is 0. The van der Waals surface area contributed by atoms with E-state index in [0.29, 0.717) is 0 Å². The molecule has 1 rings (SSSR count). The Morgan fingerprint density at radius 2 is 1.43 bits per heavy atom. The van der Waals surface area contributed by atoms with Crippen molar-refractivity contribution in [2.24, 2.45) is 0 Å². The minimum Gasteiger partial charge on any atom is -0.399 e. The van der Waals surface area contributed by atoms with Gasteiger partial charge in [-0.05, 0) is 63.1 Å². The molecular formula is C21H38N2. The van der Waals surface area contributed by atoms with E-state index in [-0.39, 0.29) is 0 Å². The molecule has 2 heteroatoms. The first kappa shape index (κ1) is 26.0. The van der Waals surface area contributed by atoms with Gasteiger partial charge in [0, 0.05) is 12.7 Å². The fourth-order valence-corrected chi connectivity index (χ4v) is 0.913. The van der Waals surface area contributed by atoms with Crippen LogP contribution < -0.4 is 11.1 Å². The van der Waals surface area contributed by atoms with Crippen LogP contribution in [0.1, 0.15) is 60.5 Å². The number of nitrogens with two attached hydrogens (primary N) is 1. The normalized spacial score (nSPS) is 8.96. The molecule has 0 fully saturated rings. The Morgan fingerprint density at radius 3 is 1.65 bits per heavy atom. The topological polar surface area (TPSA) is 38.0 Å². The second kappa shape index (κ2) is 18.1. The summed E-state index contributed by atoms with van der Waals surface area (Å²) >= 11 is 0. The van der Waals surface area contributed by atoms with Gasteiger partial charge in [0.1, 0.15) is 0 Å². The molecule has 0 aliphatic rings. The smallest absolute Gasteiger partial charge is 0.0314 e. The van der Waals surface area contributed by atoms with Gasteiger partial charge >= 0.3 is 0 Å². The van der Waals surface area contributed by atoms with E-state index in [1.54, 1.807) is 0 Å². The summed E-state index contributed by atoms with van der Waals surface area (Å²) in [6, 6.07) is 7.90. The highest BCUT2D eigenvalue weighted by molar-refractivity contribution is 5.64. The van der Waals surface area contributed by atoms with Crippen LogP contribution in [0.2, 0.25) is 0 Å². The van der Waals surface area contributed by atoms with Gasteiger partial charge in [-0.15, -0.1) is 6.58 Å². The quantitative estimate of drug-likeness (QED) is 0.498. The highest BCUT2D eigenvalue weighted by Gasteiger charge is 1.91. The lowest BCUT2D eigenvalue weighted by atomic mass is 10.1. The summed E-state index contributed by atoms with van der Waals surface area (Å²) in [5, 5.41) is 2.83. The molecule has 0 aromatic heterocycles. The van der Waals surface area contributed by atoms with Crippen LogP contribution in [0, 0.1) is 0 Å². The first-order valence-electron chi connectivity index (χ1n) is 8.24. The third-order valence-corrected chi connectivity index (χ3v) is 2.83. The van der Waals surface area contributed by atoms with Crippen LogP contribution in [0.3, 0.4) is 0 Å². The summed E-state index contributed by atoms with van der Waals surface area (Å²) in [6.07, 6.45) is 3.20. The van der Waals surface area contributed by atoms with Crippen molar-refractivity contribution in [3.05, 3.63) is 60.3 Å². The van der Waals surface area contributed by atoms with Crippen molar-refractivity contribution in [3.63, 3.8) is 0 Å². The second-order valence-electron chi connectivity index (χ2n) is 4.93. The summed E-state index contributed by atoms with van der Waals surface area (Å²) < 4.78 is 0. The molecule has 0 bridgehead atoms. The van der Waals surface area contributed by atoms with E-state index in [2.05, 4.69) is 38.4 Å². The van der Waals surface area contributed by atoms with E-state index in [0.717, 1.165) is 17.8 Å². The number of allylic oxidation sites excluding steroid dienone is 4. The molecule has 1 aromatic rings. The predicted molar refractivity (Wildman–Crippen MR) is 111 cm³/mol. The van der Waals surface area contributed by atoms with E-state index in [9.17, 15) is 0 Å². The molecule has 0 atom stereocenters. The van der Waals surface area contributed by atoms with Gasteiger partial charge in [0.2, 0.25) is 0 Å². The van der Waals surface area contributed by atoms with Crippen LogP contribution in [0.15, 0.2) is 54.8 Å². The van der Waals surface area contributed by atoms with Crippen LogP contribution in [0.4, 0.5) is 5.69 Å². The van der Waals surface area contributed by atoms with Crippen molar-refractivity contribution in [1.82, 2.24) is 5.32 Å². The fraction of sp³-hybridized carbons (Fsp3) is 0.429. The van der Waals surface area contributed by atoms with Crippen molar-refractivity contribution >= 4 is 11.3 Å². The summed E-state index contributed by atoms with van der Waals surface area (Å²) in [7, 11) is 1.85. The van der Waals surface area contributed by atoms with Gasteiger partial charge in [-0.3, -0.25) is 0 Å². The first-order valence-corrected chi connectivity index (χ1v) is 8.24. The molecular weight excluding hydrogens is 280 g/mol. The zero-order valence-corrected chi connectivity index (χ0v) is 16.6. The number of anilines is 1. The molecule has 23 heavy (non-hydrogen) atoms. The first-order chi connectivity index (χ1) is 10.8. The van der Waals surface area contributed by atoms with Gasteiger partial charge in [-0.1, -0.05) is 51.1 Å². The molecule has 0 aliphatic carbocycles. The molecule has 1 aromatic carbocycles. The molecule has 132 valence electrons. The monoisotopic (exact) mass is 318 g/mol. The van der Waals surface area contributed by atoms with Gasteiger partial charge in [0.05, 0.1) is 0 Å². The average Bonchev–Trinajstić information content (AvgIpc) is 2.57. The minimum atomic E-state index is 0.817. The molecule has 0 radical (unpaired) electrons. The number of hydrogen-bond acceptors (Lipinski definition) is 2. The third-order valence-electron chi connectivity index (χ3n) is 2.83. The number of benzene rings is 1. The van der Waals surface area contributed by atoms with E-state index in [1.807, 2.05) is 65.9 Å². The van der Waals surface area contributed by atoms with E-state index in [1.165, 1.54) is 16.7 Å². The lowest BCUT2D eigenvalue weighted by Gasteiger charge is -1.99. The molecule has 3 N–H and O–H groups in total. The second-order valence-corrected chi connectivity index (χ2v) is 4.93. The molecule has 0 amide bonds. The largest absolute Gasteiger partial charge is 0.399 e. The number of hydrogen-bond donors (Lipinski definition) is 2. The van der Waals surface area contributed by atoms with Crippen molar-refractivity contribution in [3.8, 4) is 0 Å². The maximum Gasteiger partial charge on any atom is 0.0314 e. The van der Waals surface area contributed by atoms with E-state index >= 15 is 0 Å². The maximum absolute atomic E-state index is 5.55. The predicted octanol–water partition coefficient (Wildman–Crippen LogP) is 6.43. The molecule has 0 spiro atoms. The summed E-state index contributed by atoms with van der Waals surface area (Å²) in [6.45, 7) is 21.4. The number of nitrogen functional groups attached to an aromatic ring is 1. The Balaban J connectivity index is -0.000000282. The van der Waals surface area contributed by atoms with Crippen molar-refractivity contribution in [2.45, 2.75) is 54.9 Å². The van der Waals surface area contributed by atoms with E-state index < -0.39 is 0 Å². The molecule has 0 saturated heterocycles. The number of nitrogens with one attached hydrogen (secondary N) is 1.